The largest absolute Gasteiger partial charge is 0.393 e. The molecule has 3 N–H and O–H groups in total. The van der Waals surface area contributed by atoms with E-state index in [2.05, 4.69) is 54.3 Å². The van der Waals surface area contributed by atoms with Crippen LogP contribution in [0.15, 0.2) is 30.3 Å². The summed E-state index contributed by atoms with van der Waals surface area (Å²) in [6.45, 7) is 11.2. The Morgan fingerprint density at radius 3 is 2.60 bits per heavy atom. The predicted molar refractivity (Wildman–Crippen MR) is 179 cm³/mol. The lowest BCUT2D eigenvalue weighted by atomic mass is 9.71. The van der Waals surface area contributed by atoms with E-state index in [1.54, 1.807) is 0 Å². The molecule has 9 nitrogen and oxygen atoms in total. The van der Waals surface area contributed by atoms with E-state index in [1.807, 2.05) is 24.3 Å². The SMILES string of the molecule is CN1CC[C@@H](NC(=O)c2cccc(C(CCN3CCC(O)CC3)NC(=O)c3nc4cc5c(nc4s3)CC[C@H](C(C)(C)C)C5)c2)C1. The Morgan fingerprint density at radius 1 is 1.07 bits per heavy atom. The molecule has 2 aromatic heterocycles. The second kappa shape index (κ2) is 13.4. The molecule has 10 heteroatoms. The molecule has 2 aliphatic heterocycles. The maximum Gasteiger partial charge on any atom is 0.280 e. The molecule has 3 aromatic rings. The standard InChI is InChI=1S/C35H48N6O3S/c1-35(2,3)25-8-9-28-24(19-25)20-30-33(38-28)45-34(39-30)32(44)37-29(13-17-41-15-11-27(42)12-16-41)22-6-5-7-23(18-22)31(43)36-26-10-14-40(4)21-26/h5-7,18,20,25-27,29,42H,8-17,19,21H2,1-4H3,(H,36,43)(H,37,44)/t25-,26+,29?/m0/s1. The average molecular weight is 633 g/mol. The number of hydrogen-bond acceptors (Lipinski definition) is 8. The van der Waals surface area contributed by atoms with E-state index in [0.717, 1.165) is 92.9 Å². The number of rotatable bonds is 8. The minimum absolute atomic E-state index is 0.0813. The number of nitrogens with one attached hydrogen (secondary N) is 2. The highest BCUT2D eigenvalue weighted by Gasteiger charge is 2.30. The van der Waals surface area contributed by atoms with E-state index in [9.17, 15) is 14.7 Å². The normalized spacial score (nSPS) is 22.3. The van der Waals surface area contributed by atoms with Crippen molar-refractivity contribution < 1.29 is 14.7 Å². The lowest BCUT2D eigenvalue weighted by molar-refractivity contribution is 0.0795. The summed E-state index contributed by atoms with van der Waals surface area (Å²) >= 11 is 1.35. The van der Waals surface area contributed by atoms with Crippen LogP contribution in [-0.4, -0.2) is 88.6 Å². The first-order valence-electron chi connectivity index (χ1n) is 16.6. The van der Waals surface area contributed by atoms with Gasteiger partial charge in [-0.1, -0.05) is 44.2 Å². The molecule has 6 rings (SSSR count). The van der Waals surface area contributed by atoms with E-state index in [0.29, 0.717) is 22.9 Å². The molecule has 1 aromatic carbocycles. The Morgan fingerprint density at radius 2 is 1.87 bits per heavy atom. The number of amides is 2. The molecule has 4 heterocycles. The summed E-state index contributed by atoms with van der Waals surface area (Å²) in [5.74, 6) is 0.306. The van der Waals surface area contributed by atoms with Crippen LogP contribution in [0.3, 0.4) is 0 Å². The molecular weight excluding hydrogens is 584 g/mol. The van der Waals surface area contributed by atoms with Gasteiger partial charge in [-0.3, -0.25) is 9.59 Å². The minimum Gasteiger partial charge on any atom is -0.393 e. The quantitative estimate of drug-likeness (QED) is 0.333. The number of thiazole rings is 1. The molecule has 2 saturated heterocycles. The van der Waals surface area contributed by atoms with Gasteiger partial charge in [-0.15, -0.1) is 0 Å². The molecule has 45 heavy (non-hydrogen) atoms. The number of carbonyl (C=O) groups is 2. The number of likely N-dealkylation sites (N-methyl/N-ethyl adjacent to an activating group) is 1. The fourth-order valence-corrected chi connectivity index (χ4v) is 7.91. The predicted octanol–water partition coefficient (Wildman–Crippen LogP) is 4.59. The number of likely N-dealkylation sites (tertiary alicyclic amines) is 2. The summed E-state index contributed by atoms with van der Waals surface area (Å²) in [5, 5.41) is 16.8. The van der Waals surface area contributed by atoms with E-state index >= 15 is 0 Å². The van der Waals surface area contributed by atoms with Crippen LogP contribution in [-0.2, 0) is 12.8 Å². The lowest BCUT2D eigenvalue weighted by Gasteiger charge is -2.34. The van der Waals surface area contributed by atoms with E-state index in [-0.39, 0.29) is 35.4 Å². The summed E-state index contributed by atoms with van der Waals surface area (Å²) in [7, 11) is 2.07. The minimum atomic E-state index is -0.296. The number of nitrogens with zero attached hydrogens (tertiary/aromatic N) is 4. The summed E-state index contributed by atoms with van der Waals surface area (Å²) in [6.07, 6.45) is 6.03. The molecule has 242 valence electrons. The Labute approximate surface area is 270 Å². The molecule has 2 amide bonds. The highest BCUT2D eigenvalue weighted by atomic mass is 32.1. The van der Waals surface area contributed by atoms with Gasteiger partial charge < -0.3 is 25.5 Å². The van der Waals surface area contributed by atoms with Gasteiger partial charge >= 0.3 is 0 Å². The molecule has 0 saturated carbocycles. The van der Waals surface area contributed by atoms with Crippen molar-refractivity contribution in [3.63, 3.8) is 0 Å². The van der Waals surface area contributed by atoms with Crippen LogP contribution in [0, 0.1) is 11.3 Å². The van der Waals surface area contributed by atoms with Gasteiger partial charge in [0, 0.05) is 43.5 Å². The zero-order valence-electron chi connectivity index (χ0n) is 27.1. The van der Waals surface area contributed by atoms with Crippen molar-refractivity contribution >= 4 is 33.5 Å². The monoisotopic (exact) mass is 632 g/mol. The van der Waals surface area contributed by atoms with E-state index < -0.39 is 0 Å². The molecular formula is C35H48N6O3S. The average Bonchev–Trinajstić information content (AvgIpc) is 3.63. The van der Waals surface area contributed by atoms with Crippen molar-refractivity contribution in [3.05, 3.63) is 57.7 Å². The highest BCUT2D eigenvalue weighted by molar-refractivity contribution is 7.19. The Kier molecular flexibility index (Phi) is 9.57. The smallest absolute Gasteiger partial charge is 0.280 e. The van der Waals surface area contributed by atoms with Gasteiger partial charge in [0.15, 0.2) is 5.01 Å². The van der Waals surface area contributed by atoms with E-state index in [4.69, 9.17) is 9.97 Å². The van der Waals surface area contributed by atoms with Crippen LogP contribution >= 0.6 is 11.3 Å². The number of piperidine rings is 1. The molecule has 3 atom stereocenters. The van der Waals surface area contributed by atoms with Gasteiger partial charge in [-0.2, -0.15) is 0 Å². The van der Waals surface area contributed by atoms with Crippen molar-refractivity contribution in [2.45, 2.75) is 83.9 Å². The number of hydrogen-bond donors (Lipinski definition) is 3. The summed E-state index contributed by atoms with van der Waals surface area (Å²) in [4.78, 5) is 42.0. The number of fused-ring (bicyclic) bond motifs is 2. The number of pyridine rings is 1. The zero-order chi connectivity index (χ0) is 31.7. The molecule has 0 bridgehead atoms. The van der Waals surface area contributed by atoms with Crippen molar-refractivity contribution in [3.8, 4) is 0 Å². The topological polar surface area (TPSA) is 111 Å². The third kappa shape index (κ3) is 7.73. The van der Waals surface area contributed by atoms with Crippen LogP contribution in [0.5, 0.6) is 0 Å². The van der Waals surface area contributed by atoms with Crippen molar-refractivity contribution in [2.75, 3.05) is 39.8 Å². The fraction of sp³-hybridized carbons (Fsp3) is 0.600. The number of aliphatic hydroxyl groups is 1. The van der Waals surface area contributed by atoms with Crippen LogP contribution in [0.2, 0.25) is 0 Å². The zero-order valence-corrected chi connectivity index (χ0v) is 28.0. The van der Waals surface area contributed by atoms with Crippen LogP contribution in [0.4, 0.5) is 0 Å². The Balaban J connectivity index is 1.20. The second-order valence-corrected chi connectivity index (χ2v) is 15.5. The molecule has 3 aliphatic rings. The first kappa shape index (κ1) is 32.0. The van der Waals surface area contributed by atoms with Gasteiger partial charge in [-0.25, -0.2) is 9.97 Å². The number of aromatic nitrogens is 2. The number of aryl methyl sites for hydroxylation is 1. The summed E-state index contributed by atoms with van der Waals surface area (Å²) < 4.78 is 0. The lowest BCUT2D eigenvalue weighted by Crippen LogP contribution is -2.38. The maximum absolute atomic E-state index is 13.8. The van der Waals surface area contributed by atoms with Crippen LogP contribution in [0.1, 0.15) is 95.9 Å². The molecule has 1 aliphatic carbocycles. The Hall–Kier alpha value is -2.92. The summed E-state index contributed by atoms with van der Waals surface area (Å²) in [6, 6.07) is 9.65. The van der Waals surface area contributed by atoms with Crippen molar-refractivity contribution in [2.24, 2.45) is 11.3 Å². The number of benzene rings is 1. The third-order valence-electron chi connectivity index (χ3n) is 10.0. The first-order valence-corrected chi connectivity index (χ1v) is 17.4. The van der Waals surface area contributed by atoms with Crippen LogP contribution in [0.25, 0.3) is 10.3 Å². The first-order chi connectivity index (χ1) is 21.5. The Bertz CT molecular complexity index is 1530. The fourth-order valence-electron chi connectivity index (χ4n) is 7.06. The van der Waals surface area contributed by atoms with Gasteiger partial charge in [0.25, 0.3) is 11.8 Å². The van der Waals surface area contributed by atoms with Gasteiger partial charge in [0.2, 0.25) is 0 Å². The van der Waals surface area contributed by atoms with Gasteiger partial charge in [0.05, 0.1) is 12.1 Å². The second-order valence-electron chi connectivity index (χ2n) is 14.5. The molecule has 0 spiro atoms. The van der Waals surface area contributed by atoms with Crippen molar-refractivity contribution in [1.82, 2.24) is 30.4 Å². The number of carbonyl (C=O) groups excluding carboxylic acids is 2. The van der Waals surface area contributed by atoms with Gasteiger partial charge in [-0.05, 0) is 99.2 Å². The molecule has 1 unspecified atom stereocenters. The number of aliphatic hydroxyl groups excluding tert-OH is 1. The summed E-state index contributed by atoms with van der Waals surface area (Å²) in [5.41, 5.74) is 4.94. The molecule has 2 fully saturated rings. The maximum atomic E-state index is 13.8. The van der Waals surface area contributed by atoms with Crippen LogP contribution < -0.4 is 10.6 Å². The van der Waals surface area contributed by atoms with Crippen molar-refractivity contribution in [1.29, 1.82) is 0 Å². The third-order valence-corrected chi connectivity index (χ3v) is 11.0. The van der Waals surface area contributed by atoms with Gasteiger partial charge in [0.1, 0.15) is 10.3 Å². The highest BCUT2D eigenvalue weighted by Crippen LogP contribution is 2.38. The molecule has 0 radical (unpaired) electrons. The van der Waals surface area contributed by atoms with E-state index in [1.165, 1.54) is 16.9 Å².